The van der Waals surface area contributed by atoms with Crippen molar-refractivity contribution in [3.8, 4) is 23.8 Å². The van der Waals surface area contributed by atoms with E-state index in [1.54, 1.807) is 12.1 Å². The third-order valence-corrected chi connectivity index (χ3v) is 4.31. The summed E-state index contributed by atoms with van der Waals surface area (Å²) in [5, 5.41) is 7.00. The number of hydrogen-bond acceptors (Lipinski definition) is 5. The first-order valence-electron chi connectivity index (χ1n) is 9.64. The van der Waals surface area contributed by atoms with Crippen molar-refractivity contribution in [2.45, 2.75) is 26.7 Å². The molecule has 0 unspecified atom stereocenters. The van der Waals surface area contributed by atoms with E-state index in [1.807, 2.05) is 38.1 Å². The molecule has 8 heteroatoms. The van der Waals surface area contributed by atoms with Crippen molar-refractivity contribution in [2.75, 3.05) is 18.5 Å². The van der Waals surface area contributed by atoms with Crippen LogP contribution in [0.15, 0.2) is 41.5 Å². The number of para-hydroxylation sites is 1. The predicted octanol–water partition coefficient (Wildman–Crippen LogP) is 3.93. The molecule has 2 rings (SSSR count). The van der Waals surface area contributed by atoms with Crippen LogP contribution >= 0.6 is 11.6 Å². The standard InChI is InChI=1S/C23H24ClN3O4/c1-4-12-31-23-18(24)13-17(14-20(23)30-5-2)15-25-27-22(29)11-10-21(28)26-19-9-7-6-8-16(19)3/h1,6-9,13-15H,5,10-12H2,2-3H3,(H,26,28)(H,27,29). The number of halogens is 1. The summed E-state index contributed by atoms with van der Waals surface area (Å²) >= 11 is 6.24. The van der Waals surface area contributed by atoms with Crippen molar-refractivity contribution >= 4 is 35.3 Å². The van der Waals surface area contributed by atoms with E-state index in [0.29, 0.717) is 28.7 Å². The van der Waals surface area contributed by atoms with E-state index in [4.69, 9.17) is 27.5 Å². The number of aryl methyl sites for hydroxylation is 1. The Morgan fingerprint density at radius 1 is 1.19 bits per heavy atom. The smallest absolute Gasteiger partial charge is 0.240 e. The van der Waals surface area contributed by atoms with Gasteiger partial charge in [-0.2, -0.15) is 5.10 Å². The molecule has 0 aliphatic carbocycles. The van der Waals surface area contributed by atoms with Gasteiger partial charge in [-0.1, -0.05) is 35.7 Å². The van der Waals surface area contributed by atoms with Gasteiger partial charge in [0.1, 0.15) is 6.61 Å². The van der Waals surface area contributed by atoms with Gasteiger partial charge in [0.25, 0.3) is 0 Å². The number of ether oxygens (including phenoxy) is 2. The summed E-state index contributed by atoms with van der Waals surface area (Å²) in [6.07, 6.45) is 6.68. The lowest BCUT2D eigenvalue weighted by molar-refractivity contribution is -0.124. The fourth-order valence-corrected chi connectivity index (χ4v) is 2.84. The predicted molar refractivity (Wildman–Crippen MR) is 122 cm³/mol. The zero-order valence-electron chi connectivity index (χ0n) is 17.4. The second-order valence-electron chi connectivity index (χ2n) is 6.41. The summed E-state index contributed by atoms with van der Waals surface area (Å²) in [4.78, 5) is 24.0. The Bertz CT molecular complexity index is 999. The molecule has 0 bridgehead atoms. The molecule has 0 saturated carbocycles. The lowest BCUT2D eigenvalue weighted by atomic mass is 10.2. The molecule has 0 saturated heterocycles. The molecule has 2 aromatic carbocycles. The Morgan fingerprint density at radius 2 is 1.94 bits per heavy atom. The average molecular weight is 442 g/mol. The first kappa shape index (κ1) is 23.8. The third kappa shape index (κ3) is 7.68. The second-order valence-corrected chi connectivity index (χ2v) is 6.82. The zero-order valence-corrected chi connectivity index (χ0v) is 18.2. The Balaban J connectivity index is 1.89. The molecule has 0 atom stereocenters. The van der Waals surface area contributed by atoms with Gasteiger partial charge in [-0.25, -0.2) is 5.43 Å². The summed E-state index contributed by atoms with van der Waals surface area (Å²) in [5.74, 6) is 2.51. The van der Waals surface area contributed by atoms with Crippen LogP contribution in [0.4, 0.5) is 5.69 Å². The van der Waals surface area contributed by atoms with Crippen LogP contribution in [0.25, 0.3) is 0 Å². The van der Waals surface area contributed by atoms with Crippen LogP contribution in [0.1, 0.15) is 30.9 Å². The maximum atomic E-state index is 12.0. The minimum Gasteiger partial charge on any atom is -0.490 e. The highest BCUT2D eigenvalue weighted by molar-refractivity contribution is 6.32. The van der Waals surface area contributed by atoms with Gasteiger partial charge in [-0.3, -0.25) is 9.59 Å². The summed E-state index contributed by atoms with van der Waals surface area (Å²) < 4.78 is 11.0. The molecule has 0 aliphatic rings. The van der Waals surface area contributed by atoms with Crippen LogP contribution in [0.2, 0.25) is 5.02 Å². The van der Waals surface area contributed by atoms with Gasteiger partial charge in [0.05, 0.1) is 17.8 Å². The minimum atomic E-state index is -0.388. The fraction of sp³-hybridized carbons (Fsp3) is 0.261. The van der Waals surface area contributed by atoms with Gasteiger partial charge in [0.2, 0.25) is 11.8 Å². The molecule has 0 heterocycles. The summed E-state index contributed by atoms with van der Waals surface area (Å²) in [6, 6.07) is 10.7. The number of amides is 2. The highest BCUT2D eigenvalue weighted by atomic mass is 35.5. The Labute approximate surface area is 186 Å². The number of benzene rings is 2. The normalized spacial score (nSPS) is 10.4. The van der Waals surface area contributed by atoms with Crippen molar-refractivity contribution in [2.24, 2.45) is 5.10 Å². The van der Waals surface area contributed by atoms with E-state index in [9.17, 15) is 9.59 Å². The molecule has 0 aliphatic heterocycles. The molecular weight excluding hydrogens is 418 g/mol. The maximum Gasteiger partial charge on any atom is 0.240 e. The molecule has 162 valence electrons. The highest BCUT2D eigenvalue weighted by Gasteiger charge is 2.12. The maximum absolute atomic E-state index is 12.0. The van der Waals surface area contributed by atoms with Crippen LogP contribution in [0.3, 0.4) is 0 Å². The van der Waals surface area contributed by atoms with E-state index >= 15 is 0 Å². The second kappa shape index (κ2) is 12.3. The fourth-order valence-electron chi connectivity index (χ4n) is 2.57. The summed E-state index contributed by atoms with van der Waals surface area (Å²) in [5.41, 5.74) is 4.66. The number of nitrogens with zero attached hydrogens (tertiary/aromatic N) is 1. The van der Waals surface area contributed by atoms with Crippen LogP contribution in [0, 0.1) is 19.3 Å². The van der Waals surface area contributed by atoms with Crippen LogP contribution in [0.5, 0.6) is 11.5 Å². The number of hydrogen-bond donors (Lipinski definition) is 2. The molecule has 7 nitrogen and oxygen atoms in total. The van der Waals surface area contributed by atoms with Crippen LogP contribution in [-0.2, 0) is 9.59 Å². The van der Waals surface area contributed by atoms with E-state index in [-0.39, 0.29) is 31.3 Å². The van der Waals surface area contributed by atoms with Crippen molar-refractivity contribution in [1.82, 2.24) is 5.43 Å². The first-order valence-corrected chi connectivity index (χ1v) is 10.0. The van der Waals surface area contributed by atoms with Crippen LogP contribution < -0.4 is 20.2 Å². The van der Waals surface area contributed by atoms with E-state index in [1.165, 1.54) is 6.21 Å². The van der Waals surface area contributed by atoms with Gasteiger partial charge >= 0.3 is 0 Å². The third-order valence-electron chi connectivity index (χ3n) is 4.03. The Kier molecular flexibility index (Phi) is 9.40. The average Bonchev–Trinajstić information content (AvgIpc) is 2.74. The van der Waals surface area contributed by atoms with E-state index < -0.39 is 0 Å². The van der Waals surface area contributed by atoms with Crippen molar-refractivity contribution in [3.05, 3.63) is 52.5 Å². The monoisotopic (exact) mass is 441 g/mol. The summed E-state index contributed by atoms with van der Waals surface area (Å²) in [7, 11) is 0. The van der Waals surface area contributed by atoms with Crippen molar-refractivity contribution in [1.29, 1.82) is 0 Å². The number of anilines is 1. The van der Waals surface area contributed by atoms with Crippen LogP contribution in [-0.4, -0.2) is 31.2 Å². The number of nitrogens with one attached hydrogen (secondary N) is 2. The molecule has 2 N–H and O–H groups in total. The SMILES string of the molecule is C#CCOc1c(Cl)cc(C=NNC(=O)CCC(=O)Nc2ccccc2C)cc1OCC. The molecule has 0 fully saturated rings. The highest BCUT2D eigenvalue weighted by Crippen LogP contribution is 2.36. The molecule has 2 amide bonds. The first-order chi connectivity index (χ1) is 14.9. The molecular formula is C23H24ClN3O4. The van der Waals surface area contributed by atoms with Crippen molar-refractivity contribution in [3.63, 3.8) is 0 Å². The Morgan fingerprint density at radius 3 is 2.65 bits per heavy atom. The number of terminal acetylenes is 1. The van der Waals surface area contributed by atoms with Gasteiger partial charge in [-0.15, -0.1) is 6.42 Å². The lowest BCUT2D eigenvalue weighted by Crippen LogP contribution is -2.20. The lowest BCUT2D eigenvalue weighted by Gasteiger charge is -2.12. The number of carbonyl (C=O) groups excluding carboxylic acids is 2. The zero-order chi connectivity index (χ0) is 22.6. The number of rotatable bonds is 10. The number of carbonyl (C=O) groups is 2. The molecule has 0 aromatic heterocycles. The largest absolute Gasteiger partial charge is 0.490 e. The van der Waals surface area contributed by atoms with E-state index in [2.05, 4.69) is 21.8 Å². The molecule has 0 radical (unpaired) electrons. The minimum absolute atomic E-state index is 0.00112. The van der Waals surface area contributed by atoms with Gasteiger partial charge in [-0.05, 0) is 43.2 Å². The number of hydrazone groups is 1. The topological polar surface area (TPSA) is 89.0 Å². The molecule has 2 aromatic rings. The van der Waals surface area contributed by atoms with Crippen molar-refractivity contribution < 1.29 is 19.1 Å². The quantitative estimate of drug-likeness (QED) is 0.332. The van der Waals surface area contributed by atoms with Gasteiger partial charge in [0.15, 0.2) is 11.5 Å². The molecule has 31 heavy (non-hydrogen) atoms. The van der Waals surface area contributed by atoms with Gasteiger partial charge < -0.3 is 14.8 Å². The van der Waals surface area contributed by atoms with E-state index in [0.717, 1.165) is 11.3 Å². The van der Waals surface area contributed by atoms with Gasteiger partial charge in [0, 0.05) is 18.5 Å². The Hall–Kier alpha value is -3.50. The summed E-state index contributed by atoms with van der Waals surface area (Å²) in [6.45, 7) is 4.19. The molecule has 0 spiro atoms.